The average molecular weight is 271 g/mol. The predicted octanol–water partition coefficient (Wildman–Crippen LogP) is 2.62. The molecule has 2 rings (SSSR count). The molecule has 102 valence electrons. The van der Waals surface area contributed by atoms with Gasteiger partial charge in [0, 0.05) is 17.3 Å². The minimum absolute atomic E-state index is 0.106. The van der Waals surface area contributed by atoms with Crippen molar-refractivity contribution >= 4 is 11.7 Å². The quantitative estimate of drug-likeness (QED) is 0.626. The highest BCUT2D eigenvalue weighted by Crippen LogP contribution is 2.23. The molecule has 0 bridgehead atoms. The molecule has 0 N–H and O–H groups in total. The smallest absolute Gasteiger partial charge is 0.330 e. The monoisotopic (exact) mass is 271 g/mol. The first-order chi connectivity index (χ1) is 9.02. The van der Waals surface area contributed by atoms with Gasteiger partial charge in [-0.15, -0.1) is 0 Å². The zero-order valence-corrected chi connectivity index (χ0v) is 10.3. The summed E-state index contributed by atoms with van der Waals surface area (Å²) < 4.78 is 44.3. The van der Waals surface area contributed by atoms with Crippen LogP contribution in [0.25, 0.3) is 0 Å². The third kappa shape index (κ3) is 2.77. The molecular weight excluding hydrogens is 259 g/mol. The van der Waals surface area contributed by atoms with Gasteiger partial charge in [0.2, 0.25) is 0 Å². The van der Waals surface area contributed by atoms with Crippen molar-refractivity contribution in [3.8, 4) is 0 Å². The molecule has 0 spiro atoms. The van der Waals surface area contributed by atoms with Crippen LogP contribution in [-0.2, 0) is 9.53 Å². The summed E-state index contributed by atoms with van der Waals surface area (Å²) in [4.78, 5) is 15.5. The number of ether oxygens (including phenoxy) is 1. The summed E-state index contributed by atoms with van der Waals surface area (Å²) in [5.74, 6) is -3.76. The van der Waals surface area contributed by atoms with Crippen molar-refractivity contribution in [3.63, 3.8) is 0 Å². The number of carbonyl (C=O) groups excluding carboxylic acids is 1. The van der Waals surface area contributed by atoms with Gasteiger partial charge in [-0.3, -0.25) is 4.99 Å². The Labute approximate surface area is 108 Å². The van der Waals surface area contributed by atoms with Crippen molar-refractivity contribution in [2.24, 2.45) is 4.99 Å². The Balaban J connectivity index is 2.26. The number of carbonyl (C=O) groups is 1. The van der Waals surface area contributed by atoms with Crippen LogP contribution in [0.2, 0.25) is 0 Å². The lowest BCUT2D eigenvalue weighted by Crippen LogP contribution is -2.18. The first-order valence-corrected chi connectivity index (χ1v) is 5.91. The number of aliphatic imine (C=N–C) groups is 1. The zero-order chi connectivity index (χ0) is 14.0. The molecule has 1 atom stereocenters. The maximum absolute atomic E-state index is 13.6. The van der Waals surface area contributed by atoms with Crippen molar-refractivity contribution in [2.75, 3.05) is 6.61 Å². The van der Waals surface area contributed by atoms with Gasteiger partial charge < -0.3 is 4.74 Å². The number of hydrogen-bond acceptors (Lipinski definition) is 3. The second kappa shape index (κ2) is 5.42. The first-order valence-electron chi connectivity index (χ1n) is 5.91. The first kappa shape index (κ1) is 13.6. The number of esters is 1. The van der Waals surface area contributed by atoms with Crippen LogP contribution in [0.5, 0.6) is 0 Å². The van der Waals surface area contributed by atoms with Crippen molar-refractivity contribution in [2.45, 2.75) is 25.8 Å². The van der Waals surface area contributed by atoms with Crippen molar-refractivity contribution in [1.29, 1.82) is 0 Å². The van der Waals surface area contributed by atoms with Gasteiger partial charge in [0.1, 0.15) is 11.9 Å². The largest absolute Gasteiger partial charge is 0.464 e. The third-order valence-corrected chi connectivity index (χ3v) is 2.85. The van der Waals surface area contributed by atoms with E-state index in [0.29, 0.717) is 18.9 Å². The van der Waals surface area contributed by atoms with Crippen LogP contribution in [0.3, 0.4) is 0 Å². The molecule has 1 aliphatic heterocycles. The molecule has 0 amide bonds. The van der Waals surface area contributed by atoms with Gasteiger partial charge in [-0.25, -0.2) is 18.0 Å². The number of hydrogen-bond donors (Lipinski definition) is 0. The minimum atomic E-state index is -1.25. The Hall–Kier alpha value is -1.85. The van der Waals surface area contributed by atoms with Crippen molar-refractivity contribution in [3.05, 3.63) is 35.1 Å². The normalized spacial score (nSPS) is 18.3. The molecule has 0 radical (unpaired) electrons. The lowest BCUT2D eigenvalue weighted by molar-refractivity contribution is -0.144. The van der Waals surface area contributed by atoms with E-state index in [4.69, 9.17) is 4.74 Å². The van der Waals surface area contributed by atoms with E-state index in [9.17, 15) is 18.0 Å². The average Bonchev–Trinajstić information content (AvgIpc) is 2.83. The van der Waals surface area contributed by atoms with E-state index in [2.05, 4.69) is 4.99 Å². The summed E-state index contributed by atoms with van der Waals surface area (Å²) in [5, 5.41) is 0. The second-order valence-electron chi connectivity index (χ2n) is 4.13. The molecule has 1 aromatic rings. The lowest BCUT2D eigenvalue weighted by Gasteiger charge is -2.05. The van der Waals surface area contributed by atoms with E-state index in [-0.39, 0.29) is 17.9 Å². The van der Waals surface area contributed by atoms with Crippen LogP contribution >= 0.6 is 0 Å². The lowest BCUT2D eigenvalue weighted by atomic mass is 10.1. The van der Waals surface area contributed by atoms with E-state index < -0.39 is 29.5 Å². The molecule has 3 nitrogen and oxygen atoms in total. The second-order valence-corrected chi connectivity index (χ2v) is 4.13. The van der Waals surface area contributed by atoms with Crippen LogP contribution in [0, 0.1) is 17.5 Å². The van der Waals surface area contributed by atoms with E-state index in [0.717, 1.165) is 6.07 Å². The summed E-state index contributed by atoms with van der Waals surface area (Å²) >= 11 is 0. The van der Waals surface area contributed by atoms with E-state index in [1.165, 1.54) is 0 Å². The van der Waals surface area contributed by atoms with Crippen LogP contribution in [0.15, 0.2) is 17.1 Å². The topological polar surface area (TPSA) is 38.7 Å². The van der Waals surface area contributed by atoms with Gasteiger partial charge in [0.15, 0.2) is 11.6 Å². The Bertz CT molecular complexity index is 543. The fourth-order valence-electron chi connectivity index (χ4n) is 1.95. The fourth-order valence-corrected chi connectivity index (χ4v) is 1.95. The van der Waals surface area contributed by atoms with Gasteiger partial charge in [0.05, 0.1) is 6.61 Å². The zero-order valence-electron chi connectivity index (χ0n) is 10.3. The van der Waals surface area contributed by atoms with Crippen LogP contribution in [0.4, 0.5) is 13.2 Å². The van der Waals surface area contributed by atoms with Gasteiger partial charge in [0.25, 0.3) is 0 Å². The van der Waals surface area contributed by atoms with Crippen molar-refractivity contribution in [1.82, 2.24) is 0 Å². The highest BCUT2D eigenvalue weighted by atomic mass is 19.2. The van der Waals surface area contributed by atoms with E-state index in [1.54, 1.807) is 6.92 Å². The van der Waals surface area contributed by atoms with Gasteiger partial charge >= 0.3 is 5.97 Å². The highest BCUT2D eigenvalue weighted by Gasteiger charge is 2.27. The number of halogens is 3. The number of rotatable bonds is 3. The Kier molecular flexibility index (Phi) is 3.87. The molecule has 6 heteroatoms. The van der Waals surface area contributed by atoms with Crippen LogP contribution in [0.1, 0.15) is 25.3 Å². The molecule has 0 saturated heterocycles. The van der Waals surface area contributed by atoms with Gasteiger partial charge in [-0.1, -0.05) is 0 Å². The molecule has 1 aromatic carbocycles. The van der Waals surface area contributed by atoms with Crippen molar-refractivity contribution < 1.29 is 22.7 Å². The summed E-state index contributed by atoms with van der Waals surface area (Å²) in [6.07, 6.45) is 0.706. The molecule has 0 aromatic heterocycles. The Morgan fingerprint density at radius 2 is 2.00 bits per heavy atom. The summed E-state index contributed by atoms with van der Waals surface area (Å²) in [6, 6.07) is 0.546. The molecule has 0 saturated carbocycles. The molecule has 1 aliphatic rings. The highest BCUT2D eigenvalue weighted by molar-refractivity contribution is 6.03. The summed E-state index contributed by atoms with van der Waals surface area (Å²) in [7, 11) is 0. The van der Waals surface area contributed by atoms with E-state index >= 15 is 0 Å². The van der Waals surface area contributed by atoms with E-state index in [1.807, 2.05) is 0 Å². The molecule has 1 heterocycles. The number of benzene rings is 1. The van der Waals surface area contributed by atoms with Gasteiger partial charge in [-0.05, 0) is 25.8 Å². The summed E-state index contributed by atoms with van der Waals surface area (Å²) in [5.41, 5.74) is 0.153. The molecule has 0 aliphatic carbocycles. The number of nitrogens with zero attached hydrogens (tertiary/aromatic N) is 1. The third-order valence-electron chi connectivity index (χ3n) is 2.85. The fraction of sp³-hybridized carbons (Fsp3) is 0.385. The summed E-state index contributed by atoms with van der Waals surface area (Å²) in [6.45, 7) is 1.91. The SMILES string of the molecule is CCOC(=O)[C@H]1CCC(c2cc(F)c(F)cc2F)=N1. The standard InChI is InChI=1S/C13H12F3NO2/c1-2-19-13(18)12-4-3-11(17-12)7-5-9(15)10(16)6-8(7)14/h5-6,12H,2-4H2,1H3/t12-/m1/s1. The molecule has 0 unspecified atom stereocenters. The minimum Gasteiger partial charge on any atom is -0.464 e. The maximum Gasteiger partial charge on any atom is 0.330 e. The van der Waals surface area contributed by atoms with Crippen LogP contribution in [-0.4, -0.2) is 24.3 Å². The molecular formula is C13H12F3NO2. The molecule has 19 heavy (non-hydrogen) atoms. The molecule has 0 fully saturated rings. The van der Waals surface area contributed by atoms with Gasteiger partial charge in [-0.2, -0.15) is 0 Å². The Morgan fingerprint density at radius 3 is 2.68 bits per heavy atom. The predicted molar refractivity (Wildman–Crippen MR) is 62.5 cm³/mol. The van der Waals surface area contributed by atoms with Crippen LogP contribution < -0.4 is 0 Å². The Morgan fingerprint density at radius 1 is 1.32 bits per heavy atom. The maximum atomic E-state index is 13.6.